The van der Waals surface area contributed by atoms with Gasteiger partial charge in [-0.1, -0.05) is 60.7 Å². The molecule has 2 nitrogen and oxygen atoms in total. The van der Waals surface area contributed by atoms with E-state index in [-0.39, 0.29) is 0 Å². The van der Waals surface area contributed by atoms with Crippen LogP contribution in [0.5, 0.6) is 0 Å². The summed E-state index contributed by atoms with van der Waals surface area (Å²) in [7, 11) is 1.80. The molecule has 0 fully saturated rings. The molecule has 0 heterocycles. The lowest BCUT2D eigenvalue weighted by atomic mass is 9.92. The van der Waals surface area contributed by atoms with E-state index >= 15 is 0 Å². The maximum Gasteiger partial charge on any atom is 0.0409 e. The Kier molecular flexibility index (Phi) is 6.14. The Hall–Kier alpha value is -2.61. The molecule has 2 N–H and O–H groups in total. The van der Waals surface area contributed by atoms with Gasteiger partial charge in [-0.05, 0) is 49.5 Å². The van der Waals surface area contributed by atoms with Gasteiger partial charge in [-0.15, -0.1) is 0 Å². The largest absolute Gasteiger partial charge is 0.402 e. The molecule has 124 valence electrons. The Morgan fingerprint density at radius 2 is 1.54 bits per heavy atom. The SMILES string of the molecule is C/C=C(\C(C(C)=NC)=C(\C)N)c1ccc(Cc2ccccc2)cc1. The van der Waals surface area contributed by atoms with E-state index in [1.54, 1.807) is 7.05 Å². The van der Waals surface area contributed by atoms with E-state index in [1.807, 2.05) is 26.8 Å². The number of hydrogen-bond acceptors (Lipinski definition) is 2. The van der Waals surface area contributed by atoms with Crippen molar-refractivity contribution >= 4 is 11.3 Å². The average molecular weight is 318 g/mol. The van der Waals surface area contributed by atoms with Crippen LogP contribution in [0, 0.1) is 0 Å². The number of aliphatic imine (C=N–C) groups is 1. The van der Waals surface area contributed by atoms with Crippen LogP contribution in [0.4, 0.5) is 0 Å². The summed E-state index contributed by atoms with van der Waals surface area (Å²) in [5.41, 5.74) is 13.8. The van der Waals surface area contributed by atoms with E-state index in [1.165, 1.54) is 11.1 Å². The van der Waals surface area contributed by atoms with E-state index in [0.717, 1.165) is 34.5 Å². The van der Waals surface area contributed by atoms with Crippen LogP contribution in [0.2, 0.25) is 0 Å². The van der Waals surface area contributed by atoms with Gasteiger partial charge in [0.2, 0.25) is 0 Å². The molecule has 0 saturated carbocycles. The van der Waals surface area contributed by atoms with Crippen molar-refractivity contribution in [1.29, 1.82) is 0 Å². The van der Waals surface area contributed by atoms with E-state index < -0.39 is 0 Å². The van der Waals surface area contributed by atoms with Crippen LogP contribution in [-0.2, 0) is 6.42 Å². The van der Waals surface area contributed by atoms with Crippen LogP contribution in [0.25, 0.3) is 5.57 Å². The van der Waals surface area contributed by atoms with Crippen LogP contribution in [0.3, 0.4) is 0 Å². The first-order valence-corrected chi connectivity index (χ1v) is 8.26. The highest BCUT2D eigenvalue weighted by molar-refractivity contribution is 6.12. The molecule has 0 aliphatic carbocycles. The van der Waals surface area contributed by atoms with Gasteiger partial charge in [0.1, 0.15) is 0 Å². The van der Waals surface area contributed by atoms with Gasteiger partial charge >= 0.3 is 0 Å². The minimum Gasteiger partial charge on any atom is -0.402 e. The number of rotatable bonds is 5. The van der Waals surface area contributed by atoms with Crippen LogP contribution in [0.15, 0.2) is 76.9 Å². The Morgan fingerprint density at radius 3 is 2.04 bits per heavy atom. The zero-order valence-electron chi connectivity index (χ0n) is 15.0. The molecule has 2 heteroatoms. The quantitative estimate of drug-likeness (QED) is 0.611. The maximum absolute atomic E-state index is 6.12. The van der Waals surface area contributed by atoms with Gasteiger partial charge in [0.15, 0.2) is 0 Å². The zero-order valence-corrected chi connectivity index (χ0v) is 15.0. The van der Waals surface area contributed by atoms with Gasteiger partial charge in [-0.3, -0.25) is 4.99 Å². The van der Waals surface area contributed by atoms with Crippen molar-refractivity contribution in [3.05, 3.63) is 88.6 Å². The number of hydrogen-bond donors (Lipinski definition) is 1. The second kappa shape index (κ2) is 8.30. The van der Waals surface area contributed by atoms with Crippen molar-refractivity contribution in [2.75, 3.05) is 7.05 Å². The van der Waals surface area contributed by atoms with Gasteiger partial charge in [-0.2, -0.15) is 0 Å². The van der Waals surface area contributed by atoms with Gasteiger partial charge in [0.25, 0.3) is 0 Å². The highest BCUT2D eigenvalue weighted by atomic mass is 14.7. The highest BCUT2D eigenvalue weighted by Crippen LogP contribution is 2.26. The summed E-state index contributed by atoms with van der Waals surface area (Å²) in [5.74, 6) is 0. The lowest BCUT2D eigenvalue weighted by Gasteiger charge is -2.15. The van der Waals surface area contributed by atoms with Crippen molar-refractivity contribution < 1.29 is 0 Å². The third-order valence-electron chi connectivity index (χ3n) is 4.17. The molecule has 24 heavy (non-hydrogen) atoms. The van der Waals surface area contributed by atoms with Gasteiger partial charge in [0, 0.05) is 24.0 Å². The number of allylic oxidation sites excluding steroid dienone is 4. The Bertz CT molecular complexity index is 759. The number of nitrogens with two attached hydrogens (primary N) is 1. The summed E-state index contributed by atoms with van der Waals surface area (Å²) in [4.78, 5) is 4.32. The fraction of sp³-hybridized carbons (Fsp3) is 0.227. The van der Waals surface area contributed by atoms with Crippen molar-refractivity contribution in [2.24, 2.45) is 10.7 Å². The molecular formula is C22H26N2. The van der Waals surface area contributed by atoms with Crippen LogP contribution in [0.1, 0.15) is 37.5 Å². The first-order chi connectivity index (χ1) is 11.6. The van der Waals surface area contributed by atoms with E-state index in [0.29, 0.717) is 0 Å². The van der Waals surface area contributed by atoms with Crippen molar-refractivity contribution in [2.45, 2.75) is 27.2 Å². The summed E-state index contributed by atoms with van der Waals surface area (Å²) in [6.45, 7) is 5.97. The van der Waals surface area contributed by atoms with Crippen LogP contribution in [-0.4, -0.2) is 12.8 Å². The molecule has 0 atom stereocenters. The predicted octanol–water partition coefficient (Wildman–Crippen LogP) is 5.00. The van der Waals surface area contributed by atoms with E-state index in [2.05, 4.69) is 59.6 Å². The maximum atomic E-state index is 6.12. The molecule has 0 unspecified atom stereocenters. The summed E-state index contributed by atoms with van der Waals surface area (Å²) in [6.07, 6.45) is 3.05. The molecule has 2 aromatic carbocycles. The van der Waals surface area contributed by atoms with Crippen molar-refractivity contribution in [3.8, 4) is 0 Å². The molecule has 0 amide bonds. The summed E-state index contributed by atoms with van der Waals surface area (Å²) in [5, 5.41) is 0. The normalized spacial score (nSPS) is 13.7. The fourth-order valence-corrected chi connectivity index (χ4v) is 2.89. The molecular weight excluding hydrogens is 292 g/mol. The standard InChI is InChI=1S/C22H26N2/c1-5-21(22(16(2)23)17(3)24-4)20-13-11-19(12-14-20)15-18-9-7-6-8-10-18/h5-14H,15,23H2,1-4H3/b21-5-,22-16-,24-17?. The molecule has 0 bridgehead atoms. The van der Waals surface area contributed by atoms with E-state index in [4.69, 9.17) is 5.73 Å². The fourth-order valence-electron chi connectivity index (χ4n) is 2.89. The van der Waals surface area contributed by atoms with Crippen molar-refractivity contribution in [3.63, 3.8) is 0 Å². The molecule has 0 aliphatic rings. The molecule has 0 aliphatic heterocycles. The second-order valence-electron chi connectivity index (χ2n) is 5.93. The summed E-state index contributed by atoms with van der Waals surface area (Å²) in [6, 6.07) is 19.2. The first kappa shape index (κ1) is 17.7. The predicted molar refractivity (Wildman–Crippen MR) is 105 cm³/mol. The molecule has 2 aromatic rings. The summed E-state index contributed by atoms with van der Waals surface area (Å²) < 4.78 is 0. The minimum atomic E-state index is 0.791. The molecule has 0 saturated heterocycles. The summed E-state index contributed by atoms with van der Waals surface area (Å²) >= 11 is 0. The lowest BCUT2D eigenvalue weighted by Crippen LogP contribution is -2.08. The second-order valence-corrected chi connectivity index (χ2v) is 5.93. The average Bonchev–Trinajstić information content (AvgIpc) is 2.60. The molecule has 0 radical (unpaired) electrons. The molecule has 0 spiro atoms. The van der Waals surface area contributed by atoms with E-state index in [9.17, 15) is 0 Å². The Morgan fingerprint density at radius 1 is 0.958 bits per heavy atom. The van der Waals surface area contributed by atoms with Gasteiger partial charge < -0.3 is 5.73 Å². The number of nitrogens with zero attached hydrogens (tertiary/aromatic N) is 1. The van der Waals surface area contributed by atoms with Crippen LogP contribution >= 0.6 is 0 Å². The zero-order chi connectivity index (χ0) is 17.5. The minimum absolute atomic E-state index is 0.791. The lowest BCUT2D eigenvalue weighted by molar-refractivity contribution is 1.19. The van der Waals surface area contributed by atoms with Crippen molar-refractivity contribution in [1.82, 2.24) is 0 Å². The third-order valence-corrected chi connectivity index (χ3v) is 4.17. The molecule has 2 rings (SSSR count). The smallest absolute Gasteiger partial charge is 0.0409 e. The third kappa shape index (κ3) is 4.23. The highest BCUT2D eigenvalue weighted by Gasteiger charge is 2.12. The topological polar surface area (TPSA) is 38.4 Å². The monoisotopic (exact) mass is 318 g/mol. The van der Waals surface area contributed by atoms with Gasteiger partial charge in [0.05, 0.1) is 0 Å². The first-order valence-electron chi connectivity index (χ1n) is 8.26. The van der Waals surface area contributed by atoms with Crippen LogP contribution < -0.4 is 5.73 Å². The molecule has 0 aromatic heterocycles. The van der Waals surface area contributed by atoms with Gasteiger partial charge in [-0.25, -0.2) is 0 Å². The number of benzene rings is 2. The Labute approximate surface area is 145 Å². The Balaban J connectivity index is 2.30.